The van der Waals surface area contributed by atoms with Crippen molar-refractivity contribution in [3.05, 3.63) is 63.9 Å². The molecule has 0 bridgehead atoms. The van der Waals surface area contributed by atoms with E-state index in [0.29, 0.717) is 21.3 Å². The van der Waals surface area contributed by atoms with Crippen LogP contribution in [-0.2, 0) is 0 Å². The molecule has 0 spiro atoms. The van der Waals surface area contributed by atoms with E-state index in [-0.39, 0.29) is 10.9 Å². The fraction of sp³-hybridized carbons (Fsp3) is 0. The largest absolute Gasteiger partial charge is 0.331 e. The van der Waals surface area contributed by atoms with Crippen LogP contribution >= 0.6 is 35.4 Å². The van der Waals surface area contributed by atoms with Crippen molar-refractivity contribution in [3.63, 3.8) is 0 Å². The lowest BCUT2D eigenvalue weighted by molar-refractivity contribution is 0.628. The first kappa shape index (κ1) is 15.7. The molecule has 0 saturated carbocycles. The van der Waals surface area contributed by atoms with Crippen molar-refractivity contribution in [3.8, 4) is 0 Å². The molecule has 0 heterocycles. The van der Waals surface area contributed by atoms with E-state index in [4.69, 9.17) is 35.4 Å². The smallest absolute Gasteiger partial charge is 0.191 e. The summed E-state index contributed by atoms with van der Waals surface area (Å²) in [4.78, 5) is 0. The van der Waals surface area contributed by atoms with Gasteiger partial charge in [-0.15, -0.1) is 0 Å². The first-order valence-electron chi connectivity index (χ1n) is 5.85. The maximum absolute atomic E-state index is 12.8. The molecule has 0 unspecified atom stereocenters. The molecule has 0 aromatic heterocycles. The van der Waals surface area contributed by atoms with Gasteiger partial charge in [0.25, 0.3) is 0 Å². The molecule has 2 rings (SSSR count). The number of hydrogen-bond donors (Lipinski definition) is 2. The zero-order valence-corrected chi connectivity index (χ0v) is 12.9. The van der Waals surface area contributed by atoms with Gasteiger partial charge in [-0.1, -0.05) is 29.3 Å². The van der Waals surface area contributed by atoms with Gasteiger partial charge in [0.15, 0.2) is 5.11 Å². The summed E-state index contributed by atoms with van der Waals surface area (Å²) in [7, 11) is 0. The standard InChI is InChI=1S/C14H10Cl2FN3S/c15-10-2-1-9(13(16)7-10)8-18-20-14(21)19-12-5-3-11(17)4-6-12/h1-8H,(H2,19,20,21)/b18-8-. The first-order chi connectivity index (χ1) is 10.0. The zero-order valence-electron chi connectivity index (χ0n) is 10.6. The number of halogens is 3. The fourth-order valence-electron chi connectivity index (χ4n) is 1.46. The highest BCUT2D eigenvalue weighted by Gasteiger charge is 1.99. The van der Waals surface area contributed by atoms with Gasteiger partial charge >= 0.3 is 0 Å². The number of nitrogens with zero attached hydrogens (tertiary/aromatic N) is 1. The van der Waals surface area contributed by atoms with Gasteiger partial charge in [-0.2, -0.15) is 5.10 Å². The van der Waals surface area contributed by atoms with E-state index in [9.17, 15) is 4.39 Å². The van der Waals surface area contributed by atoms with Crippen LogP contribution in [0.4, 0.5) is 10.1 Å². The summed E-state index contributed by atoms with van der Waals surface area (Å²) in [5.74, 6) is -0.310. The highest BCUT2D eigenvalue weighted by molar-refractivity contribution is 7.80. The minimum atomic E-state index is -0.310. The molecule has 108 valence electrons. The Kier molecular flexibility index (Phi) is 5.50. The quantitative estimate of drug-likeness (QED) is 0.491. The minimum Gasteiger partial charge on any atom is -0.331 e. The molecule has 21 heavy (non-hydrogen) atoms. The van der Waals surface area contributed by atoms with Gasteiger partial charge in [0.2, 0.25) is 0 Å². The van der Waals surface area contributed by atoms with Crippen LogP contribution in [0.25, 0.3) is 0 Å². The second kappa shape index (κ2) is 7.36. The lowest BCUT2D eigenvalue weighted by Crippen LogP contribution is -2.23. The summed E-state index contributed by atoms with van der Waals surface area (Å²) in [6.07, 6.45) is 1.53. The second-order valence-electron chi connectivity index (χ2n) is 4.00. The Bertz CT molecular complexity index is 674. The van der Waals surface area contributed by atoms with Crippen molar-refractivity contribution < 1.29 is 4.39 Å². The van der Waals surface area contributed by atoms with Crippen LogP contribution < -0.4 is 10.7 Å². The van der Waals surface area contributed by atoms with E-state index in [1.807, 2.05) is 0 Å². The number of nitrogens with one attached hydrogen (secondary N) is 2. The molecule has 0 fully saturated rings. The number of thiocarbonyl (C=S) groups is 1. The molecule has 0 atom stereocenters. The highest BCUT2D eigenvalue weighted by Crippen LogP contribution is 2.19. The van der Waals surface area contributed by atoms with Crippen LogP contribution in [0, 0.1) is 5.82 Å². The molecule has 2 N–H and O–H groups in total. The van der Waals surface area contributed by atoms with Crippen molar-refractivity contribution in [2.24, 2.45) is 5.10 Å². The number of benzene rings is 2. The van der Waals surface area contributed by atoms with Crippen LogP contribution in [0.3, 0.4) is 0 Å². The van der Waals surface area contributed by atoms with Crippen LogP contribution in [0.1, 0.15) is 5.56 Å². The summed E-state index contributed by atoms with van der Waals surface area (Å²) in [6, 6.07) is 10.9. The van der Waals surface area contributed by atoms with Gasteiger partial charge in [-0.05, 0) is 48.6 Å². The molecule has 0 aliphatic carbocycles. The van der Waals surface area contributed by atoms with Gasteiger partial charge < -0.3 is 5.32 Å². The predicted octanol–water partition coefficient (Wildman–Crippen LogP) is 4.45. The third-order valence-corrected chi connectivity index (χ3v) is 3.19. The topological polar surface area (TPSA) is 36.4 Å². The molecule has 0 aliphatic heterocycles. The summed E-state index contributed by atoms with van der Waals surface area (Å²) in [6.45, 7) is 0. The minimum absolute atomic E-state index is 0.281. The fourth-order valence-corrected chi connectivity index (χ4v) is 2.09. The van der Waals surface area contributed by atoms with Gasteiger partial charge in [-0.25, -0.2) is 4.39 Å². The third kappa shape index (κ3) is 4.97. The van der Waals surface area contributed by atoms with Crippen molar-refractivity contribution in [2.45, 2.75) is 0 Å². The average molecular weight is 342 g/mol. The highest BCUT2D eigenvalue weighted by atomic mass is 35.5. The van der Waals surface area contributed by atoms with Gasteiger partial charge in [-0.3, -0.25) is 5.43 Å². The van der Waals surface area contributed by atoms with Crippen molar-refractivity contribution in [1.29, 1.82) is 0 Å². The number of hydrogen-bond acceptors (Lipinski definition) is 2. The van der Waals surface area contributed by atoms with E-state index in [1.165, 1.54) is 18.3 Å². The van der Waals surface area contributed by atoms with E-state index in [0.717, 1.165) is 0 Å². The molecular formula is C14H10Cl2FN3S. The van der Waals surface area contributed by atoms with E-state index in [1.54, 1.807) is 30.3 Å². The average Bonchev–Trinajstić information content (AvgIpc) is 2.44. The Morgan fingerprint density at radius 1 is 1.14 bits per heavy atom. The maximum atomic E-state index is 12.8. The Hall–Kier alpha value is -1.69. The SMILES string of the molecule is Fc1ccc(NC(=S)N/N=C\c2ccc(Cl)cc2Cl)cc1. The van der Waals surface area contributed by atoms with E-state index >= 15 is 0 Å². The summed E-state index contributed by atoms with van der Waals surface area (Å²) in [5.41, 5.74) is 4.01. The summed E-state index contributed by atoms with van der Waals surface area (Å²) in [5, 5.41) is 8.16. The zero-order chi connectivity index (χ0) is 15.2. The Labute approximate surface area is 136 Å². The van der Waals surface area contributed by atoms with Gasteiger partial charge in [0, 0.05) is 16.3 Å². The summed E-state index contributed by atoms with van der Waals surface area (Å²) >= 11 is 16.9. The second-order valence-corrected chi connectivity index (χ2v) is 5.25. The lowest BCUT2D eigenvalue weighted by atomic mass is 10.2. The first-order valence-corrected chi connectivity index (χ1v) is 7.02. The molecule has 2 aromatic carbocycles. The van der Waals surface area contributed by atoms with Crippen LogP contribution in [0.5, 0.6) is 0 Å². The predicted molar refractivity (Wildman–Crippen MR) is 89.8 cm³/mol. The molecule has 0 aliphatic rings. The van der Waals surface area contributed by atoms with Gasteiger partial charge in [0.1, 0.15) is 5.82 Å². The third-order valence-electron chi connectivity index (χ3n) is 2.43. The molecule has 0 radical (unpaired) electrons. The van der Waals surface area contributed by atoms with Crippen LogP contribution in [0.15, 0.2) is 47.6 Å². The van der Waals surface area contributed by atoms with Crippen molar-refractivity contribution in [1.82, 2.24) is 5.43 Å². The monoisotopic (exact) mass is 341 g/mol. The van der Waals surface area contributed by atoms with Gasteiger partial charge in [0.05, 0.1) is 11.2 Å². The van der Waals surface area contributed by atoms with E-state index < -0.39 is 0 Å². The normalized spacial score (nSPS) is 10.6. The molecule has 0 amide bonds. The number of rotatable bonds is 3. The number of hydrazone groups is 1. The summed E-state index contributed by atoms with van der Waals surface area (Å²) < 4.78 is 12.8. The molecule has 3 nitrogen and oxygen atoms in total. The number of anilines is 1. The Morgan fingerprint density at radius 2 is 1.86 bits per heavy atom. The Morgan fingerprint density at radius 3 is 2.52 bits per heavy atom. The van der Waals surface area contributed by atoms with Crippen LogP contribution in [0.2, 0.25) is 10.0 Å². The van der Waals surface area contributed by atoms with Crippen molar-refractivity contribution in [2.75, 3.05) is 5.32 Å². The van der Waals surface area contributed by atoms with Crippen molar-refractivity contribution >= 4 is 52.4 Å². The molecule has 0 saturated heterocycles. The van der Waals surface area contributed by atoms with E-state index in [2.05, 4.69) is 15.8 Å². The molecule has 7 heteroatoms. The van der Waals surface area contributed by atoms with Crippen LogP contribution in [-0.4, -0.2) is 11.3 Å². The maximum Gasteiger partial charge on any atom is 0.191 e. The molecular weight excluding hydrogens is 332 g/mol. The Balaban J connectivity index is 1.91. The lowest BCUT2D eigenvalue weighted by Gasteiger charge is -2.06. The molecule has 2 aromatic rings.